The molecule has 1 aliphatic heterocycles. The molecule has 1 fully saturated rings. The summed E-state index contributed by atoms with van der Waals surface area (Å²) in [6, 6.07) is 0. The molecule has 0 amide bonds. The van der Waals surface area contributed by atoms with Gasteiger partial charge in [-0.3, -0.25) is 4.79 Å². The van der Waals surface area contributed by atoms with Crippen molar-refractivity contribution in [1.29, 1.82) is 0 Å². The number of carbonyl (C=O) groups excluding carboxylic acids is 1. The van der Waals surface area contributed by atoms with Gasteiger partial charge in [0, 0.05) is 19.3 Å². The number of piperidine rings is 1. The third-order valence-electron chi connectivity index (χ3n) is 2.90. The molecule has 0 spiro atoms. The van der Waals surface area contributed by atoms with Gasteiger partial charge in [0.1, 0.15) is 12.1 Å². The van der Waals surface area contributed by atoms with Crippen LogP contribution in [0.4, 0.5) is 5.82 Å². The second-order valence-corrected chi connectivity index (χ2v) is 5.16. The van der Waals surface area contributed by atoms with Crippen molar-refractivity contribution in [2.24, 2.45) is 5.92 Å². The molecule has 1 saturated heterocycles. The summed E-state index contributed by atoms with van der Waals surface area (Å²) in [6.45, 7) is 1.61. The Balaban J connectivity index is 2.12. The van der Waals surface area contributed by atoms with Crippen molar-refractivity contribution in [3.05, 3.63) is 16.1 Å². The number of halogens is 1. The first-order valence-corrected chi connectivity index (χ1v) is 6.58. The standard InChI is InChI=1S/C11H14IN3O2/c1-17-11(16)8-3-2-4-15(6-8)10-9(12)5-13-7-14-10/h5,7-8H,2-4,6H2,1H3. The number of methoxy groups -OCH3 is 1. The average Bonchev–Trinajstić information content (AvgIpc) is 2.38. The van der Waals surface area contributed by atoms with Crippen LogP contribution in [0.25, 0.3) is 0 Å². The number of rotatable bonds is 2. The number of esters is 1. The van der Waals surface area contributed by atoms with E-state index in [-0.39, 0.29) is 11.9 Å². The van der Waals surface area contributed by atoms with Crippen molar-refractivity contribution in [2.45, 2.75) is 12.8 Å². The third-order valence-corrected chi connectivity index (χ3v) is 3.66. The number of carbonyl (C=O) groups is 1. The van der Waals surface area contributed by atoms with Crippen LogP contribution in [0.2, 0.25) is 0 Å². The SMILES string of the molecule is COC(=O)C1CCCN(c2ncncc2I)C1. The molecular formula is C11H14IN3O2. The molecule has 1 aromatic rings. The van der Waals surface area contributed by atoms with Gasteiger partial charge in [-0.2, -0.15) is 0 Å². The molecule has 0 radical (unpaired) electrons. The average molecular weight is 347 g/mol. The molecule has 0 saturated carbocycles. The van der Waals surface area contributed by atoms with Crippen LogP contribution < -0.4 is 4.90 Å². The lowest BCUT2D eigenvalue weighted by atomic mass is 9.98. The van der Waals surface area contributed by atoms with E-state index in [1.165, 1.54) is 7.11 Å². The van der Waals surface area contributed by atoms with Crippen LogP contribution in [0.1, 0.15) is 12.8 Å². The zero-order chi connectivity index (χ0) is 12.3. The smallest absolute Gasteiger partial charge is 0.310 e. The molecule has 17 heavy (non-hydrogen) atoms. The molecule has 6 heteroatoms. The summed E-state index contributed by atoms with van der Waals surface area (Å²) in [7, 11) is 1.44. The molecule has 0 N–H and O–H groups in total. The van der Waals surface area contributed by atoms with Crippen molar-refractivity contribution in [3.63, 3.8) is 0 Å². The van der Waals surface area contributed by atoms with Crippen molar-refractivity contribution < 1.29 is 9.53 Å². The van der Waals surface area contributed by atoms with Crippen LogP contribution >= 0.6 is 22.6 Å². The Hall–Kier alpha value is -0.920. The first-order valence-electron chi connectivity index (χ1n) is 5.50. The van der Waals surface area contributed by atoms with Gasteiger partial charge in [0.15, 0.2) is 0 Å². The van der Waals surface area contributed by atoms with Gasteiger partial charge in [0.05, 0.1) is 16.6 Å². The first kappa shape index (κ1) is 12.5. The molecule has 92 valence electrons. The summed E-state index contributed by atoms with van der Waals surface area (Å²) in [5, 5.41) is 0. The normalized spacial score (nSPS) is 20.1. The lowest BCUT2D eigenvalue weighted by Gasteiger charge is -2.32. The Morgan fingerprint density at radius 1 is 1.65 bits per heavy atom. The summed E-state index contributed by atoms with van der Waals surface area (Å²) < 4.78 is 5.81. The fourth-order valence-corrected chi connectivity index (χ4v) is 2.71. The van der Waals surface area contributed by atoms with E-state index in [1.54, 1.807) is 12.5 Å². The third kappa shape index (κ3) is 2.85. The summed E-state index contributed by atoms with van der Waals surface area (Å²) in [5.74, 6) is 0.743. The predicted octanol–water partition coefficient (Wildman–Crippen LogP) is 1.47. The highest BCUT2D eigenvalue weighted by molar-refractivity contribution is 14.1. The molecule has 1 unspecified atom stereocenters. The molecule has 2 rings (SSSR count). The summed E-state index contributed by atoms with van der Waals surface area (Å²) in [6.07, 6.45) is 5.20. The van der Waals surface area contributed by atoms with Crippen LogP contribution in [0.15, 0.2) is 12.5 Å². The number of aromatic nitrogens is 2. The highest BCUT2D eigenvalue weighted by Gasteiger charge is 2.27. The second-order valence-electron chi connectivity index (χ2n) is 4.00. The van der Waals surface area contributed by atoms with Gasteiger partial charge in [-0.25, -0.2) is 9.97 Å². The van der Waals surface area contributed by atoms with Crippen molar-refractivity contribution >= 4 is 34.4 Å². The van der Waals surface area contributed by atoms with Gasteiger partial charge >= 0.3 is 5.97 Å². The minimum absolute atomic E-state index is 0.0421. The predicted molar refractivity (Wildman–Crippen MR) is 71.7 cm³/mol. The van der Waals surface area contributed by atoms with Gasteiger partial charge in [0.25, 0.3) is 0 Å². The molecule has 1 aliphatic rings. The maximum atomic E-state index is 11.5. The Morgan fingerprint density at radius 2 is 2.47 bits per heavy atom. The van der Waals surface area contributed by atoms with E-state index in [0.29, 0.717) is 6.54 Å². The van der Waals surface area contributed by atoms with Crippen LogP contribution in [0, 0.1) is 9.49 Å². The minimum Gasteiger partial charge on any atom is -0.469 e. The topological polar surface area (TPSA) is 55.3 Å². The Morgan fingerprint density at radius 3 is 3.18 bits per heavy atom. The number of hydrogen-bond acceptors (Lipinski definition) is 5. The molecule has 1 aromatic heterocycles. The number of nitrogens with zero attached hydrogens (tertiary/aromatic N) is 3. The summed E-state index contributed by atoms with van der Waals surface area (Å²) >= 11 is 2.21. The Labute approximate surface area is 114 Å². The maximum absolute atomic E-state index is 11.5. The monoisotopic (exact) mass is 347 g/mol. The van der Waals surface area contributed by atoms with E-state index in [0.717, 1.165) is 28.8 Å². The number of ether oxygens (including phenoxy) is 1. The van der Waals surface area contributed by atoms with Gasteiger partial charge in [-0.05, 0) is 35.4 Å². The van der Waals surface area contributed by atoms with Crippen LogP contribution in [-0.2, 0) is 9.53 Å². The second kappa shape index (κ2) is 5.61. The molecular weight excluding hydrogens is 333 g/mol. The Kier molecular flexibility index (Phi) is 4.14. The van der Waals surface area contributed by atoms with E-state index in [4.69, 9.17) is 4.74 Å². The summed E-state index contributed by atoms with van der Waals surface area (Å²) in [5.41, 5.74) is 0. The fraction of sp³-hybridized carbons (Fsp3) is 0.545. The zero-order valence-corrected chi connectivity index (χ0v) is 11.8. The lowest BCUT2D eigenvalue weighted by Crippen LogP contribution is -2.40. The van der Waals surface area contributed by atoms with E-state index >= 15 is 0 Å². The molecule has 0 bridgehead atoms. The zero-order valence-electron chi connectivity index (χ0n) is 9.60. The molecule has 0 aromatic carbocycles. The quantitative estimate of drug-likeness (QED) is 0.599. The summed E-state index contributed by atoms with van der Waals surface area (Å²) in [4.78, 5) is 21.9. The Bertz CT molecular complexity index is 413. The molecule has 1 atom stereocenters. The minimum atomic E-state index is -0.126. The molecule has 0 aliphatic carbocycles. The number of anilines is 1. The van der Waals surface area contributed by atoms with E-state index < -0.39 is 0 Å². The lowest BCUT2D eigenvalue weighted by molar-refractivity contribution is -0.145. The van der Waals surface area contributed by atoms with E-state index in [2.05, 4.69) is 37.5 Å². The number of hydrogen-bond donors (Lipinski definition) is 0. The highest BCUT2D eigenvalue weighted by atomic mass is 127. The first-order chi connectivity index (χ1) is 8.22. The van der Waals surface area contributed by atoms with Crippen molar-refractivity contribution in [3.8, 4) is 0 Å². The van der Waals surface area contributed by atoms with Crippen molar-refractivity contribution in [1.82, 2.24) is 9.97 Å². The van der Waals surface area contributed by atoms with E-state index in [1.807, 2.05) is 0 Å². The van der Waals surface area contributed by atoms with Crippen LogP contribution in [0.3, 0.4) is 0 Å². The van der Waals surface area contributed by atoms with Gasteiger partial charge in [0.2, 0.25) is 0 Å². The molecule has 2 heterocycles. The van der Waals surface area contributed by atoms with Crippen molar-refractivity contribution in [2.75, 3.05) is 25.1 Å². The van der Waals surface area contributed by atoms with Crippen LogP contribution in [0.5, 0.6) is 0 Å². The highest BCUT2D eigenvalue weighted by Crippen LogP contribution is 2.25. The van der Waals surface area contributed by atoms with E-state index in [9.17, 15) is 4.79 Å². The molecule has 5 nitrogen and oxygen atoms in total. The maximum Gasteiger partial charge on any atom is 0.310 e. The van der Waals surface area contributed by atoms with Gasteiger partial charge in [-0.15, -0.1) is 0 Å². The van der Waals surface area contributed by atoms with Gasteiger partial charge < -0.3 is 9.64 Å². The van der Waals surface area contributed by atoms with Gasteiger partial charge in [-0.1, -0.05) is 0 Å². The fourth-order valence-electron chi connectivity index (χ4n) is 2.07. The largest absolute Gasteiger partial charge is 0.469 e. The van der Waals surface area contributed by atoms with Crippen LogP contribution in [-0.4, -0.2) is 36.1 Å².